The normalized spacial score (nSPS) is 29.5. The van der Waals surface area contributed by atoms with Crippen molar-refractivity contribution in [2.45, 2.75) is 266 Å². The maximum atomic E-state index is 12.9. The molecule has 0 N–H and O–H groups in total. The first kappa shape index (κ1) is 46.9. The number of esters is 1. The number of carbonyl (C=O) groups is 1. The Morgan fingerprint density at radius 2 is 1.11 bits per heavy atom. The van der Waals surface area contributed by atoms with Crippen molar-refractivity contribution < 1.29 is 9.53 Å². The van der Waals surface area contributed by atoms with Gasteiger partial charge in [0.25, 0.3) is 0 Å². The topological polar surface area (TPSA) is 26.3 Å². The number of fused-ring (bicyclic) bond motifs is 5. The Morgan fingerprint density at radius 3 is 1.65 bits per heavy atom. The Hall–Kier alpha value is -0.790. The van der Waals surface area contributed by atoms with Crippen LogP contribution in [-0.4, -0.2) is 12.1 Å². The number of allylic oxidation sites excluding steroid dienone is 1. The lowest BCUT2D eigenvalue weighted by atomic mass is 9.47. The predicted molar refractivity (Wildman–Crippen MR) is 239 cm³/mol. The largest absolute Gasteiger partial charge is 0.462 e. The Balaban J connectivity index is 0.980. The van der Waals surface area contributed by atoms with Crippen LogP contribution >= 0.6 is 0 Å². The zero-order chi connectivity index (χ0) is 39.5. The molecule has 0 heterocycles. The molecule has 0 radical (unpaired) electrons. The van der Waals surface area contributed by atoms with Crippen LogP contribution in [0.3, 0.4) is 0 Å². The van der Waals surface area contributed by atoms with Crippen molar-refractivity contribution in [2.24, 2.45) is 52.3 Å². The first-order chi connectivity index (χ1) is 26.5. The van der Waals surface area contributed by atoms with E-state index in [1.54, 1.807) is 5.57 Å². The highest BCUT2D eigenvalue weighted by atomic mass is 16.5. The summed E-state index contributed by atoms with van der Waals surface area (Å²) in [6.07, 6.45) is 47.3. The SMILES string of the molecule is CC(C)CCCCCCCCCCCCCCCCCCCCCCC(=O)O[C@H]1CC[C@@]2(C)C(=CC[C@H]3[C@@H]4CC[C@H]([C@H](C)CCCC(C)C)[C@@]4(C)CC[C@@H]32)C1. The van der Waals surface area contributed by atoms with Gasteiger partial charge in [0, 0.05) is 12.8 Å². The standard InChI is InChI=1S/C53H96O2/c1-42(2)29-26-24-22-20-18-16-14-12-10-8-9-11-13-15-17-19-21-23-25-27-32-51(54)55-46-37-39-52(6)45(41-46)33-34-47-49-36-35-48(44(5)31-28-30-43(3)4)53(49,7)40-38-50(47)52/h33,42-44,46-50H,8-32,34-41H2,1-7H3/t44-,46+,47+,48-,49+,50+,52+,53-/m1/s1. The van der Waals surface area contributed by atoms with Crippen molar-refractivity contribution >= 4 is 5.97 Å². The van der Waals surface area contributed by atoms with E-state index in [0.717, 1.165) is 60.7 Å². The molecule has 3 saturated carbocycles. The van der Waals surface area contributed by atoms with Gasteiger partial charge in [0.2, 0.25) is 0 Å². The van der Waals surface area contributed by atoms with E-state index in [-0.39, 0.29) is 12.1 Å². The maximum absolute atomic E-state index is 12.9. The lowest BCUT2D eigenvalue weighted by Crippen LogP contribution is -2.51. The van der Waals surface area contributed by atoms with Gasteiger partial charge in [-0.1, -0.05) is 208 Å². The van der Waals surface area contributed by atoms with Crippen LogP contribution in [0.25, 0.3) is 0 Å². The van der Waals surface area contributed by atoms with Crippen molar-refractivity contribution in [1.82, 2.24) is 0 Å². The summed E-state index contributed by atoms with van der Waals surface area (Å²) < 4.78 is 6.16. The van der Waals surface area contributed by atoms with E-state index in [9.17, 15) is 4.79 Å². The molecule has 0 aromatic carbocycles. The average Bonchev–Trinajstić information content (AvgIpc) is 3.51. The molecule has 8 atom stereocenters. The molecule has 3 fully saturated rings. The number of ether oxygens (including phenoxy) is 1. The molecule has 4 aliphatic rings. The van der Waals surface area contributed by atoms with Crippen LogP contribution in [-0.2, 0) is 9.53 Å². The quantitative estimate of drug-likeness (QED) is 0.0431. The summed E-state index contributed by atoms with van der Waals surface area (Å²) in [7, 11) is 0. The second kappa shape index (κ2) is 25.0. The van der Waals surface area contributed by atoms with Crippen LogP contribution in [0, 0.1) is 52.3 Å². The van der Waals surface area contributed by atoms with Gasteiger partial charge in [0.05, 0.1) is 0 Å². The van der Waals surface area contributed by atoms with Gasteiger partial charge in [0.15, 0.2) is 0 Å². The van der Waals surface area contributed by atoms with E-state index in [1.165, 1.54) is 186 Å². The van der Waals surface area contributed by atoms with E-state index >= 15 is 0 Å². The van der Waals surface area contributed by atoms with Crippen molar-refractivity contribution in [2.75, 3.05) is 0 Å². The molecule has 0 bridgehead atoms. The van der Waals surface area contributed by atoms with Crippen molar-refractivity contribution in [1.29, 1.82) is 0 Å². The zero-order valence-electron chi connectivity index (χ0n) is 38.3. The Morgan fingerprint density at radius 1 is 0.600 bits per heavy atom. The van der Waals surface area contributed by atoms with Gasteiger partial charge in [-0.25, -0.2) is 0 Å². The van der Waals surface area contributed by atoms with Gasteiger partial charge in [-0.05, 0) is 104 Å². The third-order valence-electron chi connectivity index (χ3n) is 16.5. The van der Waals surface area contributed by atoms with Crippen LogP contribution in [0.15, 0.2) is 11.6 Å². The smallest absolute Gasteiger partial charge is 0.306 e. The van der Waals surface area contributed by atoms with Gasteiger partial charge in [-0.2, -0.15) is 0 Å². The number of unbranched alkanes of at least 4 members (excludes halogenated alkanes) is 19. The van der Waals surface area contributed by atoms with Crippen molar-refractivity contribution in [3.8, 4) is 0 Å². The minimum atomic E-state index is 0.0683. The maximum Gasteiger partial charge on any atom is 0.306 e. The summed E-state index contributed by atoms with van der Waals surface area (Å²) in [6, 6.07) is 0. The van der Waals surface area contributed by atoms with Crippen LogP contribution in [0.1, 0.15) is 260 Å². The molecular weight excluding hydrogens is 669 g/mol. The summed E-state index contributed by atoms with van der Waals surface area (Å²) in [5.74, 6) is 6.22. The first-order valence-electron chi connectivity index (χ1n) is 25.4. The zero-order valence-corrected chi connectivity index (χ0v) is 38.3. The highest BCUT2D eigenvalue weighted by Gasteiger charge is 2.59. The average molecular weight is 765 g/mol. The van der Waals surface area contributed by atoms with E-state index in [2.05, 4.69) is 54.5 Å². The third-order valence-corrected chi connectivity index (χ3v) is 16.5. The summed E-state index contributed by atoms with van der Waals surface area (Å²) in [4.78, 5) is 12.9. The summed E-state index contributed by atoms with van der Waals surface area (Å²) in [6.45, 7) is 17.4. The van der Waals surface area contributed by atoms with Gasteiger partial charge >= 0.3 is 5.97 Å². The lowest BCUT2D eigenvalue weighted by Gasteiger charge is -2.58. The number of hydrogen-bond donors (Lipinski definition) is 0. The van der Waals surface area contributed by atoms with Gasteiger partial charge in [-0.3, -0.25) is 4.79 Å². The number of carbonyl (C=O) groups excluding carboxylic acids is 1. The third kappa shape index (κ3) is 15.1. The minimum Gasteiger partial charge on any atom is -0.462 e. The van der Waals surface area contributed by atoms with Crippen LogP contribution in [0.5, 0.6) is 0 Å². The predicted octanol–water partition coefficient (Wildman–Crippen LogP) is 17.2. The van der Waals surface area contributed by atoms with E-state index in [1.807, 2.05) is 0 Å². The Kier molecular flexibility index (Phi) is 21.3. The molecule has 0 aromatic heterocycles. The number of rotatable bonds is 29. The highest BCUT2D eigenvalue weighted by molar-refractivity contribution is 5.69. The van der Waals surface area contributed by atoms with Crippen LogP contribution < -0.4 is 0 Å². The van der Waals surface area contributed by atoms with Gasteiger partial charge in [0.1, 0.15) is 6.10 Å². The van der Waals surface area contributed by atoms with Crippen molar-refractivity contribution in [3.05, 3.63) is 11.6 Å². The summed E-state index contributed by atoms with van der Waals surface area (Å²) in [5, 5.41) is 0. The highest BCUT2D eigenvalue weighted by Crippen LogP contribution is 2.67. The molecule has 0 amide bonds. The van der Waals surface area contributed by atoms with E-state index in [4.69, 9.17) is 4.74 Å². The summed E-state index contributed by atoms with van der Waals surface area (Å²) in [5.41, 5.74) is 2.54. The van der Waals surface area contributed by atoms with E-state index in [0.29, 0.717) is 17.3 Å². The minimum absolute atomic E-state index is 0.0683. The number of hydrogen-bond acceptors (Lipinski definition) is 2. The molecule has 0 aliphatic heterocycles. The molecule has 0 spiro atoms. The first-order valence-corrected chi connectivity index (χ1v) is 25.4. The Labute approximate surface area is 344 Å². The molecule has 4 aliphatic carbocycles. The molecule has 320 valence electrons. The van der Waals surface area contributed by atoms with Gasteiger partial charge in [-0.15, -0.1) is 0 Å². The van der Waals surface area contributed by atoms with Crippen LogP contribution in [0.2, 0.25) is 0 Å². The fourth-order valence-corrected chi connectivity index (χ4v) is 13.0. The van der Waals surface area contributed by atoms with Crippen LogP contribution in [0.4, 0.5) is 0 Å². The molecule has 55 heavy (non-hydrogen) atoms. The second-order valence-corrected chi connectivity index (χ2v) is 21.6. The molecule has 0 unspecified atom stereocenters. The Bertz CT molecular complexity index is 1070. The monoisotopic (exact) mass is 765 g/mol. The molecule has 2 nitrogen and oxygen atoms in total. The summed E-state index contributed by atoms with van der Waals surface area (Å²) >= 11 is 0. The fourth-order valence-electron chi connectivity index (χ4n) is 13.0. The second-order valence-electron chi connectivity index (χ2n) is 21.6. The molecule has 2 heteroatoms. The van der Waals surface area contributed by atoms with Crippen molar-refractivity contribution in [3.63, 3.8) is 0 Å². The van der Waals surface area contributed by atoms with Gasteiger partial charge < -0.3 is 4.74 Å². The molecule has 0 aromatic rings. The fraction of sp³-hybridized carbons (Fsp3) is 0.943. The van der Waals surface area contributed by atoms with E-state index < -0.39 is 0 Å². The molecular formula is C53H96O2. The lowest BCUT2D eigenvalue weighted by molar-refractivity contribution is -0.151. The molecule has 4 rings (SSSR count). The molecule has 0 saturated heterocycles.